The molecule has 0 aliphatic carbocycles. The van der Waals surface area contributed by atoms with Crippen LogP contribution in [0.5, 0.6) is 0 Å². The minimum absolute atomic E-state index is 0.143. The number of benzene rings is 2. The van der Waals surface area contributed by atoms with Crippen LogP contribution in [0.3, 0.4) is 0 Å². The summed E-state index contributed by atoms with van der Waals surface area (Å²) >= 11 is 0. The summed E-state index contributed by atoms with van der Waals surface area (Å²) < 4.78 is 31.4. The summed E-state index contributed by atoms with van der Waals surface area (Å²) in [5.74, 6) is -1.28. The zero-order chi connectivity index (χ0) is 18.5. The number of carbonyl (C=O) groups is 1. The van der Waals surface area contributed by atoms with E-state index in [4.69, 9.17) is 4.52 Å². The molecule has 134 valence electrons. The van der Waals surface area contributed by atoms with Crippen molar-refractivity contribution >= 4 is 5.91 Å². The van der Waals surface area contributed by atoms with Crippen molar-refractivity contribution in [3.8, 4) is 11.4 Å². The minimum atomic E-state index is -0.942. The second-order valence-electron chi connectivity index (χ2n) is 5.84. The minimum Gasteiger partial charge on any atom is -0.350 e. The van der Waals surface area contributed by atoms with E-state index < -0.39 is 17.7 Å². The average Bonchev–Trinajstić information content (AvgIpc) is 3.12. The van der Waals surface area contributed by atoms with Crippen LogP contribution < -0.4 is 5.32 Å². The first kappa shape index (κ1) is 17.7. The van der Waals surface area contributed by atoms with Crippen LogP contribution in [0.4, 0.5) is 8.78 Å². The van der Waals surface area contributed by atoms with Crippen LogP contribution in [0.2, 0.25) is 0 Å². The van der Waals surface area contributed by atoms with Crippen LogP contribution in [-0.2, 0) is 11.2 Å². The van der Waals surface area contributed by atoms with Crippen LogP contribution in [0.25, 0.3) is 11.4 Å². The smallest absolute Gasteiger partial charge is 0.227 e. The zero-order valence-electron chi connectivity index (χ0n) is 14.1. The van der Waals surface area contributed by atoms with Crippen molar-refractivity contribution in [3.63, 3.8) is 0 Å². The molecule has 2 aromatic carbocycles. The van der Waals surface area contributed by atoms with Gasteiger partial charge in [-0.1, -0.05) is 41.6 Å². The van der Waals surface area contributed by atoms with Crippen molar-refractivity contribution in [2.45, 2.75) is 25.8 Å². The van der Waals surface area contributed by atoms with Crippen LogP contribution in [0, 0.1) is 11.6 Å². The standard InChI is InChI=1S/C19H17F2N3O2/c1-12(14-7-8-15(20)16(21)11-14)22-17(25)9-10-18-23-19(24-26-18)13-5-3-2-4-6-13/h2-8,11-12H,9-10H2,1H3,(H,22,25). The molecule has 0 bridgehead atoms. The van der Waals surface area contributed by atoms with Crippen LogP contribution in [0.1, 0.15) is 30.8 Å². The predicted molar refractivity (Wildman–Crippen MR) is 91.0 cm³/mol. The Labute approximate surface area is 149 Å². The number of nitrogens with zero attached hydrogens (tertiary/aromatic N) is 2. The van der Waals surface area contributed by atoms with Gasteiger partial charge in [-0.3, -0.25) is 4.79 Å². The number of aromatic nitrogens is 2. The largest absolute Gasteiger partial charge is 0.350 e. The molecule has 0 fully saturated rings. The molecule has 1 N–H and O–H groups in total. The third-order valence-corrected chi connectivity index (χ3v) is 3.89. The van der Waals surface area contributed by atoms with Gasteiger partial charge in [0, 0.05) is 18.4 Å². The van der Waals surface area contributed by atoms with Gasteiger partial charge in [0.1, 0.15) is 0 Å². The third kappa shape index (κ3) is 4.30. The number of halogens is 2. The molecule has 0 radical (unpaired) electrons. The molecule has 1 amide bonds. The number of carbonyl (C=O) groups excluding carboxylic acids is 1. The van der Waals surface area contributed by atoms with Gasteiger partial charge in [0.05, 0.1) is 6.04 Å². The van der Waals surface area contributed by atoms with E-state index in [2.05, 4.69) is 15.5 Å². The van der Waals surface area contributed by atoms with Crippen molar-refractivity contribution in [1.82, 2.24) is 15.5 Å². The Bertz CT molecular complexity index is 897. The Kier molecular flexibility index (Phi) is 5.36. The highest BCUT2D eigenvalue weighted by molar-refractivity contribution is 5.76. The number of hydrogen-bond acceptors (Lipinski definition) is 4. The number of amides is 1. The van der Waals surface area contributed by atoms with Crippen molar-refractivity contribution in [2.24, 2.45) is 0 Å². The molecule has 0 aliphatic heterocycles. The molecule has 5 nitrogen and oxygen atoms in total. The maximum atomic E-state index is 13.3. The van der Waals surface area contributed by atoms with Gasteiger partial charge in [-0.25, -0.2) is 8.78 Å². The molecule has 3 rings (SSSR count). The molecule has 0 spiro atoms. The topological polar surface area (TPSA) is 68.0 Å². The maximum absolute atomic E-state index is 13.3. The fraction of sp³-hybridized carbons (Fsp3) is 0.211. The lowest BCUT2D eigenvalue weighted by Gasteiger charge is -2.14. The molecule has 26 heavy (non-hydrogen) atoms. The number of aryl methyl sites for hydroxylation is 1. The van der Waals surface area contributed by atoms with Crippen molar-refractivity contribution < 1.29 is 18.1 Å². The number of nitrogens with one attached hydrogen (secondary N) is 1. The molecule has 1 heterocycles. The van der Waals surface area contributed by atoms with Crippen LogP contribution in [-0.4, -0.2) is 16.0 Å². The van der Waals surface area contributed by atoms with Crippen molar-refractivity contribution in [2.75, 3.05) is 0 Å². The van der Waals surface area contributed by atoms with E-state index in [-0.39, 0.29) is 18.7 Å². The van der Waals surface area contributed by atoms with Crippen LogP contribution in [0.15, 0.2) is 53.1 Å². The quantitative estimate of drug-likeness (QED) is 0.728. The van der Waals surface area contributed by atoms with Gasteiger partial charge in [-0.05, 0) is 24.6 Å². The van der Waals surface area contributed by atoms with Gasteiger partial charge < -0.3 is 9.84 Å². The molecule has 0 saturated heterocycles. The third-order valence-electron chi connectivity index (χ3n) is 3.89. The van der Waals surface area contributed by atoms with E-state index in [1.807, 2.05) is 30.3 Å². The Morgan fingerprint density at radius 2 is 1.92 bits per heavy atom. The fourth-order valence-corrected chi connectivity index (χ4v) is 2.46. The Morgan fingerprint density at radius 1 is 1.15 bits per heavy atom. The van der Waals surface area contributed by atoms with E-state index in [0.29, 0.717) is 17.3 Å². The Hall–Kier alpha value is -3.09. The molecule has 1 atom stereocenters. The summed E-state index contributed by atoms with van der Waals surface area (Å²) in [7, 11) is 0. The van der Waals surface area contributed by atoms with Crippen molar-refractivity contribution in [1.29, 1.82) is 0 Å². The molecule has 0 saturated carbocycles. The SMILES string of the molecule is CC(NC(=O)CCc1nc(-c2ccccc2)no1)c1ccc(F)c(F)c1. The molecule has 1 aromatic heterocycles. The normalized spacial score (nSPS) is 12.0. The lowest BCUT2D eigenvalue weighted by atomic mass is 10.1. The van der Waals surface area contributed by atoms with Gasteiger partial charge in [0.2, 0.25) is 17.6 Å². The first-order valence-electron chi connectivity index (χ1n) is 8.15. The second-order valence-corrected chi connectivity index (χ2v) is 5.84. The molecule has 0 aliphatic rings. The molecule has 1 unspecified atom stereocenters. The van der Waals surface area contributed by atoms with E-state index in [9.17, 15) is 13.6 Å². The van der Waals surface area contributed by atoms with Gasteiger partial charge in [-0.2, -0.15) is 4.98 Å². The maximum Gasteiger partial charge on any atom is 0.227 e. The molecule has 7 heteroatoms. The number of hydrogen-bond donors (Lipinski definition) is 1. The molecule has 3 aromatic rings. The van der Waals surface area contributed by atoms with Crippen molar-refractivity contribution in [3.05, 3.63) is 71.6 Å². The van der Waals surface area contributed by atoms with Gasteiger partial charge in [0.15, 0.2) is 11.6 Å². The monoisotopic (exact) mass is 357 g/mol. The lowest BCUT2D eigenvalue weighted by molar-refractivity contribution is -0.121. The Morgan fingerprint density at radius 3 is 2.65 bits per heavy atom. The zero-order valence-corrected chi connectivity index (χ0v) is 14.1. The van der Waals surface area contributed by atoms with Crippen LogP contribution >= 0.6 is 0 Å². The highest BCUT2D eigenvalue weighted by Gasteiger charge is 2.14. The first-order valence-corrected chi connectivity index (χ1v) is 8.15. The summed E-state index contributed by atoms with van der Waals surface area (Å²) in [5, 5.41) is 6.63. The average molecular weight is 357 g/mol. The van der Waals surface area contributed by atoms with Gasteiger partial charge >= 0.3 is 0 Å². The summed E-state index contributed by atoms with van der Waals surface area (Å²) in [6, 6.07) is 12.5. The lowest BCUT2D eigenvalue weighted by Crippen LogP contribution is -2.27. The van der Waals surface area contributed by atoms with E-state index >= 15 is 0 Å². The number of rotatable bonds is 6. The van der Waals surface area contributed by atoms with Gasteiger partial charge in [-0.15, -0.1) is 0 Å². The highest BCUT2D eigenvalue weighted by atomic mass is 19.2. The molecular formula is C19H17F2N3O2. The summed E-state index contributed by atoms with van der Waals surface area (Å²) in [6.45, 7) is 1.70. The Balaban J connectivity index is 1.54. The summed E-state index contributed by atoms with van der Waals surface area (Å²) in [6.07, 6.45) is 0.431. The summed E-state index contributed by atoms with van der Waals surface area (Å²) in [4.78, 5) is 16.3. The fourth-order valence-electron chi connectivity index (χ4n) is 2.46. The van der Waals surface area contributed by atoms with E-state index in [1.165, 1.54) is 6.07 Å². The summed E-state index contributed by atoms with van der Waals surface area (Å²) in [5.41, 5.74) is 1.32. The van der Waals surface area contributed by atoms with E-state index in [0.717, 1.165) is 17.7 Å². The highest BCUT2D eigenvalue weighted by Crippen LogP contribution is 2.17. The first-order chi connectivity index (χ1) is 12.5. The van der Waals surface area contributed by atoms with Gasteiger partial charge in [0.25, 0.3) is 0 Å². The second kappa shape index (κ2) is 7.86. The molecular weight excluding hydrogens is 340 g/mol. The van der Waals surface area contributed by atoms with E-state index in [1.54, 1.807) is 6.92 Å². The predicted octanol–water partition coefficient (Wildman–Crippen LogP) is 3.82.